The van der Waals surface area contributed by atoms with Gasteiger partial charge in [-0.15, -0.1) is 0 Å². The Bertz CT molecular complexity index is 1110. The van der Waals surface area contributed by atoms with E-state index in [1.54, 1.807) is 24.1 Å². The largest absolute Gasteiger partial charge is 0.457 e. The quantitative estimate of drug-likeness (QED) is 0.284. The van der Waals surface area contributed by atoms with Crippen molar-refractivity contribution in [1.82, 2.24) is 14.8 Å². The third kappa shape index (κ3) is 9.78. The van der Waals surface area contributed by atoms with Crippen molar-refractivity contribution in [2.24, 2.45) is 5.92 Å². The molecule has 1 saturated heterocycles. The Morgan fingerprint density at radius 2 is 1.90 bits per heavy atom. The van der Waals surface area contributed by atoms with E-state index in [0.29, 0.717) is 19.1 Å². The van der Waals surface area contributed by atoms with E-state index in [-0.39, 0.29) is 31.1 Å². The number of hydrogen-bond donors (Lipinski definition) is 2. The first kappa shape index (κ1) is 33.5. The van der Waals surface area contributed by atoms with Crippen LogP contribution in [0.15, 0.2) is 60.3 Å². The smallest absolute Gasteiger partial charge is 0.410 e. The summed E-state index contributed by atoms with van der Waals surface area (Å²) in [6.45, 7) is 14.4. The zero-order valence-corrected chi connectivity index (χ0v) is 26.0. The monoisotopic (exact) mass is 583 g/mol. The fourth-order valence-corrected chi connectivity index (χ4v) is 5.27. The maximum Gasteiger partial charge on any atom is 0.410 e. The molecule has 3 rings (SSSR count). The van der Waals surface area contributed by atoms with Crippen LogP contribution in [0.2, 0.25) is 0 Å². The lowest BCUT2D eigenvalue weighted by Gasteiger charge is -2.38. The number of carbonyl (C=O) groups is 2. The molecule has 0 bridgehead atoms. The molecule has 2 N–H and O–H groups in total. The van der Waals surface area contributed by atoms with Gasteiger partial charge in [0.1, 0.15) is 11.7 Å². The summed E-state index contributed by atoms with van der Waals surface area (Å²) in [6.07, 6.45) is 8.24. The molecule has 9 nitrogen and oxygen atoms in total. The van der Waals surface area contributed by atoms with E-state index < -0.39 is 36.0 Å². The Morgan fingerprint density at radius 3 is 2.55 bits per heavy atom. The first-order valence-corrected chi connectivity index (χ1v) is 15.1. The molecule has 1 amide bonds. The molecule has 0 aliphatic carbocycles. The predicted molar refractivity (Wildman–Crippen MR) is 163 cm³/mol. The number of esters is 1. The van der Waals surface area contributed by atoms with Gasteiger partial charge in [0.25, 0.3) is 0 Å². The van der Waals surface area contributed by atoms with Gasteiger partial charge in [-0.3, -0.25) is 14.7 Å². The summed E-state index contributed by atoms with van der Waals surface area (Å²) in [5.74, 6) is -0.697. The van der Waals surface area contributed by atoms with Crippen LogP contribution in [-0.2, 0) is 14.3 Å². The first-order valence-electron chi connectivity index (χ1n) is 15.1. The molecular formula is C33H49N3O6. The summed E-state index contributed by atoms with van der Waals surface area (Å²) >= 11 is 0. The minimum Gasteiger partial charge on any atom is -0.457 e. The number of ether oxygens (including phenoxy) is 2. The van der Waals surface area contributed by atoms with Crippen LogP contribution in [0.4, 0.5) is 4.79 Å². The van der Waals surface area contributed by atoms with Crippen molar-refractivity contribution < 1.29 is 29.3 Å². The van der Waals surface area contributed by atoms with Crippen molar-refractivity contribution in [2.45, 2.75) is 96.7 Å². The lowest BCUT2D eigenvalue weighted by Crippen LogP contribution is -2.52. The fraction of sp³-hybridized carbons (Fsp3) is 0.606. The molecule has 9 heteroatoms. The molecule has 42 heavy (non-hydrogen) atoms. The number of aliphatic hydroxyl groups excluding tert-OH is 1. The number of aliphatic hydroxyl groups is 2. The fourth-order valence-electron chi connectivity index (χ4n) is 5.27. The van der Waals surface area contributed by atoms with Crippen LogP contribution in [0, 0.1) is 5.92 Å². The van der Waals surface area contributed by atoms with E-state index >= 15 is 0 Å². The third-order valence-corrected chi connectivity index (χ3v) is 8.22. The lowest BCUT2D eigenvalue weighted by molar-refractivity contribution is -0.151. The van der Waals surface area contributed by atoms with Crippen LogP contribution in [0.25, 0.3) is 0 Å². The van der Waals surface area contributed by atoms with Gasteiger partial charge >= 0.3 is 12.1 Å². The number of pyridine rings is 1. The SMILES string of the molecule is C/C(=C\C=C\[C@@H](C)c1ccccn1)[C@H]1OC(=O)C[C@H](O)CC[C@@](C)(O)[C@@H](OC(=O)N2CCN(C(C)C)CC2)/C=C/[C@@H]1C. The summed E-state index contributed by atoms with van der Waals surface area (Å²) in [6, 6.07) is 6.22. The zero-order valence-electron chi connectivity index (χ0n) is 26.0. The van der Waals surface area contributed by atoms with Gasteiger partial charge in [-0.25, -0.2) is 4.79 Å². The molecule has 6 atom stereocenters. The Hall–Kier alpha value is -3.01. The summed E-state index contributed by atoms with van der Waals surface area (Å²) in [4.78, 5) is 34.3. The molecular weight excluding hydrogens is 534 g/mol. The van der Waals surface area contributed by atoms with Gasteiger partial charge in [0.2, 0.25) is 0 Å². The van der Waals surface area contributed by atoms with E-state index in [9.17, 15) is 19.8 Å². The van der Waals surface area contributed by atoms with E-state index in [1.807, 2.05) is 56.4 Å². The zero-order chi connectivity index (χ0) is 30.9. The van der Waals surface area contributed by atoms with E-state index in [2.05, 4.69) is 30.7 Å². The molecule has 1 fully saturated rings. The summed E-state index contributed by atoms with van der Waals surface area (Å²) in [5, 5.41) is 21.9. The number of nitrogens with zero attached hydrogens (tertiary/aromatic N) is 3. The molecule has 232 valence electrons. The molecule has 3 heterocycles. The van der Waals surface area contributed by atoms with Crippen molar-refractivity contribution in [3.05, 3.63) is 66.0 Å². The summed E-state index contributed by atoms with van der Waals surface area (Å²) < 4.78 is 11.7. The maximum atomic E-state index is 13.1. The van der Waals surface area contributed by atoms with Gasteiger partial charge in [0, 0.05) is 55.9 Å². The molecule has 0 saturated carbocycles. The average Bonchev–Trinajstić information content (AvgIpc) is 2.96. The number of cyclic esters (lactones) is 1. The second-order valence-electron chi connectivity index (χ2n) is 12.2. The van der Waals surface area contributed by atoms with Crippen LogP contribution in [-0.4, -0.2) is 93.2 Å². The molecule has 2 aliphatic rings. The molecule has 0 radical (unpaired) electrons. The number of amides is 1. The number of carbonyl (C=O) groups excluding carboxylic acids is 2. The summed E-state index contributed by atoms with van der Waals surface area (Å²) in [7, 11) is 0. The van der Waals surface area contributed by atoms with Crippen molar-refractivity contribution in [1.29, 1.82) is 0 Å². The second kappa shape index (κ2) is 15.5. The highest BCUT2D eigenvalue weighted by molar-refractivity contribution is 5.70. The van der Waals surface area contributed by atoms with Crippen LogP contribution in [0.5, 0.6) is 0 Å². The molecule has 0 aromatic carbocycles. The van der Waals surface area contributed by atoms with Crippen molar-refractivity contribution in [3.63, 3.8) is 0 Å². The van der Waals surface area contributed by atoms with Gasteiger partial charge < -0.3 is 24.6 Å². The lowest BCUT2D eigenvalue weighted by atomic mass is 9.88. The maximum absolute atomic E-state index is 13.1. The number of piperazine rings is 1. The molecule has 1 aromatic heterocycles. The van der Waals surface area contributed by atoms with Gasteiger partial charge in [-0.2, -0.15) is 0 Å². The first-order chi connectivity index (χ1) is 19.9. The van der Waals surface area contributed by atoms with Crippen molar-refractivity contribution in [3.8, 4) is 0 Å². The van der Waals surface area contributed by atoms with Crippen LogP contribution in [0.1, 0.15) is 72.4 Å². The molecule has 2 aliphatic heterocycles. The predicted octanol–water partition coefficient (Wildman–Crippen LogP) is 4.62. The van der Waals surface area contributed by atoms with Gasteiger partial charge in [0.15, 0.2) is 6.10 Å². The minimum atomic E-state index is -1.44. The standard InChI is InChI=1S/C33H49N3O6/c1-23(2)35-18-20-36(21-19-35)32(39)41-29-14-13-26(5)31(42-30(38)22-27(37)15-16-33(29,6)40)25(4)11-9-10-24(3)28-12-7-8-17-34-28/h7-14,17,23-24,26-27,29,31,37,40H,15-16,18-22H2,1-6H3/b10-9+,14-13+,25-11+/t24-,26+,27-,29+,31-,33-/m1/s1. The normalized spacial score (nSPS) is 30.4. The van der Waals surface area contributed by atoms with Gasteiger partial charge in [-0.1, -0.05) is 44.2 Å². The molecule has 0 unspecified atom stereocenters. The van der Waals surface area contributed by atoms with Crippen LogP contribution >= 0.6 is 0 Å². The van der Waals surface area contributed by atoms with Crippen LogP contribution in [0.3, 0.4) is 0 Å². The topological polar surface area (TPSA) is 112 Å². The highest BCUT2D eigenvalue weighted by atomic mass is 16.6. The van der Waals surface area contributed by atoms with E-state index in [4.69, 9.17) is 9.47 Å². The van der Waals surface area contributed by atoms with Gasteiger partial charge in [-0.05, 0) is 64.3 Å². The van der Waals surface area contributed by atoms with Crippen molar-refractivity contribution >= 4 is 12.1 Å². The highest BCUT2D eigenvalue weighted by Gasteiger charge is 2.37. The molecule has 1 aromatic rings. The van der Waals surface area contributed by atoms with Crippen LogP contribution < -0.4 is 0 Å². The number of rotatable bonds is 6. The van der Waals surface area contributed by atoms with Crippen molar-refractivity contribution in [2.75, 3.05) is 26.2 Å². The number of aromatic nitrogens is 1. The Labute approximate surface area is 250 Å². The van der Waals surface area contributed by atoms with Gasteiger partial charge in [0.05, 0.1) is 12.5 Å². The van der Waals surface area contributed by atoms with E-state index in [1.165, 1.54) is 0 Å². The Balaban J connectivity index is 1.79. The third-order valence-electron chi connectivity index (χ3n) is 8.22. The number of hydrogen-bond acceptors (Lipinski definition) is 8. The summed E-state index contributed by atoms with van der Waals surface area (Å²) in [5.41, 5.74) is 0.331. The van der Waals surface area contributed by atoms with E-state index in [0.717, 1.165) is 24.4 Å². The highest BCUT2D eigenvalue weighted by Crippen LogP contribution is 2.27. The minimum absolute atomic E-state index is 0.104. The molecule has 0 spiro atoms. The Kier molecular flexibility index (Phi) is 12.3. The average molecular weight is 584 g/mol. The second-order valence-corrected chi connectivity index (χ2v) is 12.2. The Morgan fingerprint density at radius 1 is 1.19 bits per heavy atom. The number of allylic oxidation sites excluding steroid dienone is 3.